The van der Waals surface area contributed by atoms with Crippen LogP contribution in [0.15, 0.2) is 12.2 Å². The smallest absolute Gasteiger partial charge is 0.334 e. The second-order valence-electron chi connectivity index (χ2n) is 6.13. The van der Waals surface area contributed by atoms with Gasteiger partial charge in [0.15, 0.2) is 0 Å². The van der Waals surface area contributed by atoms with Crippen molar-refractivity contribution in [1.82, 2.24) is 0 Å². The third kappa shape index (κ3) is 6.20. The molecule has 0 aromatic carbocycles. The van der Waals surface area contributed by atoms with Gasteiger partial charge in [-0.3, -0.25) is 4.79 Å². The summed E-state index contributed by atoms with van der Waals surface area (Å²) in [5.41, 5.74) is 0.214. The average Bonchev–Trinajstić information content (AvgIpc) is 2.89. The van der Waals surface area contributed by atoms with Gasteiger partial charge in [-0.25, -0.2) is 4.79 Å². The zero-order valence-corrected chi connectivity index (χ0v) is 14.1. The van der Waals surface area contributed by atoms with Crippen LogP contribution in [0.2, 0.25) is 0 Å². The fourth-order valence-corrected chi connectivity index (χ4v) is 2.89. The predicted molar refractivity (Wildman–Crippen MR) is 86.4 cm³/mol. The highest BCUT2D eigenvalue weighted by Gasteiger charge is 2.38. The van der Waals surface area contributed by atoms with Gasteiger partial charge in [0.05, 0.1) is 13.0 Å². The van der Waals surface area contributed by atoms with E-state index in [9.17, 15) is 9.59 Å². The molecule has 1 aliphatic heterocycles. The van der Waals surface area contributed by atoms with Crippen molar-refractivity contribution in [3.8, 4) is 0 Å². The Morgan fingerprint density at radius 3 is 2.36 bits per heavy atom. The maximum atomic E-state index is 11.8. The number of carbonyl (C=O) groups excluding carboxylic acids is 2. The van der Waals surface area contributed by atoms with Crippen LogP contribution in [0.1, 0.15) is 71.1 Å². The fourth-order valence-electron chi connectivity index (χ4n) is 2.89. The number of methoxy groups -OCH3 is 1. The molecule has 1 fully saturated rings. The first-order valence-corrected chi connectivity index (χ1v) is 8.57. The number of hydrogen-bond acceptors (Lipinski definition) is 4. The van der Waals surface area contributed by atoms with Crippen LogP contribution in [-0.2, 0) is 19.1 Å². The van der Waals surface area contributed by atoms with Gasteiger partial charge in [0.25, 0.3) is 0 Å². The minimum Gasteiger partial charge on any atom is -0.466 e. The van der Waals surface area contributed by atoms with Crippen molar-refractivity contribution in [3.05, 3.63) is 12.2 Å². The van der Waals surface area contributed by atoms with E-state index in [2.05, 4.69) is 18.2 Å². The van der Waals surface area contributed by atoms with Gasteiger partial charge in [0.1, 0.15) is 6.10 Å². The van der Waals surface area contributed by atoms with Crippen molar-refractivity contribution in [2.75, 3.05) is 7.11 Å². The second kappa shape index (κ2) is 10.4. The molecule has 0 aliphatic carbocycles. The van der Waals surface area contributed by atoms with E-state index in [-0.39, 0.29) is 17.6 Å². The lowest BCUT2D eigenvalue weighted by molar-refractivity contribution is -0.146. The molecule has 2 atom stereocenters. The molecule has 22 heavy (non-hydrogen) atoms. The lowest BCUT2D eigenvalue weighted by Gasteiger charge is -2.08. The number of unbranched alkanes of at least 4 members (excludes halogenated alkanes) is 7. The van der Waals surface area contributed by atoms with E-state index in [0.29, 0.717) is 6.42 Å². The highest BCUT2D eigenvalue weighted by Crippen LogP contribution is 2.30. The van der Waals surface area contributed by atoms with Crippen molar-refractivity contribution >= 4 is 11.9 Å². The van der Waals surface area contributed by atoms with Crippen LogP contribution in [0.5, 0.6) is 0 Å². The third-order valence-corrected chi connectivity index (χ3v) is 4.31. The maximum absolute atomic E-state index is 11.8. The molecule has 0 N–H and O–H groups in total. The van der Waals surface area contributed by atoms with Crippen LogP contribution in [0, 0.1) is 5.92 Å². The monoisotopic (exact) mass is 310 g/mol. The van der Waals surface area contributed by atoms with Gasteiger partial charge in [-0.1, -0.05) is 58.4 Å². The molecule has 4 nitrogen and oxygen atoms in total. The third-order valence-electron chi connectivity index (χ3n) is 4.31. The number of carbonyl (C=O) groups is 2. The Balaban J connectivity index is 2.14. The summed E-state index contributed by atoms with van der Waals surface area (Å²) in [5, 5.41) is 0. The van der Waals surface area contributed by atoms with Crippen LogP contribution >= 0.6 is 0 Å². The largest absolute Gasteiger partial charge is 0.466 e. The molecule has 0 radical (unpaired) electrons. The Morgan fingerprint density at radius 1 is 1.18 bits per heavy atom. The van der Waals surface area contributed by atoms with Gasteiger partial charge >= 0.3 is 11.9 Å². The zero-order valence-electron chi connectivity index (χ0n) is 14.1. The van der Waals surface area contributed by atoms with Crippen molar-refractivity contribution in [2.45, 2.75) is 77.2 Å². The van der Waals surface area contributed by atoms with E-state index in [1.165, 1.54) is 52.1 Å². The van der Waals surface area contributed by atoms with Crippen LogP contribution in [0.4, 0.5) is 0 Å². The molecular weight excluding hydrogens is 280 g/mol. The Labute approximate surface area is 134 Å². The molecule has 4 heteroatoms. The van der Waals surface area contributed by atoms with E-state index in [1.54, 1.807) is 0 Å². The summed E-state index contributed by atoms with van der Waals surface area (Å²) >= 11 is 0. The minimum absolute atomic E-state index is 0.0704. The Hall–Kier alpha value is -1.32. The summed E-state index contributed by atoms with van der Waals surface area (Å²) in [6, 6.07) is 0. The molecule has 126 valence electrons. The van der Waals surface area contributed by atoms with E-state index < -0.39 is 11.9 Å². The first-order chi connectivity index (χ1) is 10.6. The van der Waals surface area contributed by atoms with Gasteiger partial charge in [-0.05, 0) is 12.8 Å². The molecule has 0 amide bonds. The van der Waals surface area contributed by atoms with Crippen LogP contribution in [0.25, 0.3) is 0 Å². The highest BCUT2D eigenvalue weighted by molar-refractivity contribution is 5.95. The summed E-state index contributed by atoms with van der Waals surface area (Å²) < 4.78 is 9.96. The van der Waals surface area contributed by atoms with Gasteiger partial charge in [0.2, 0.25) is 0 Å². The summed E-state index contributed by atoms with van der Waals surface area (Å²) in [7, 11) is 1.30. The molecule has 0 bridgehead atoms. The minimum atomic E-state index is -0.522. The summed E-state index contributed by atoms with van der Waals surface area (Å²) in [6.07, 6.45) is 11.5. The average molecular weight is 310 g/mol. The molecule has 0 saturated carbocycles. The molecule has 0 aromatic heterocycles. The standard InChI is InChI=1S/C18H30O4/c1-4-5-6-7-8-9-10-11-12-15-13-16(18(20)22-15)14(2)17(19)21-3/h15-16H,2,4-13H2,1,3H3/t15-,16-/m1/s1. The van der Waals surface area contributed by atoms with E-state index >= 15 is 0 Å². The number of esters is 2. The molecule has 1 aliphatic rings. The van der Waals surface area contributed by atoms with Crippen LogP contribution < -0.4 is 0 Å². The molecule has 0 unspecified atom stereocenters. The molecular formula is C18H30O4. The summed E-state index contributed by atoms with van der Waals surface area (Å²) in [4.78, 5) is 23.2. The number of cyclic esters (lactones) is 1. The van der Waals surface area contributed by atoms with E-state index in [1.807, 2.05) is 0 Å². The summed E-state index contributed by atoms with van der Waals surface area (Å²) in [6.45, 7) is 5.89. The quantitative estimate of drug-likeness (QED) is 0.326. The lowest BCUT2D eigenvalue weighted by Crippen LogP contribution is -2.17. The first-order valence-electron chi connectivity index (χ1n) is 8.57. The number of hydrogen-bond donors (Lipinski definition) is 0. The topological polar surface area (TPSA) is 52.6 Å². The Kier molecular flexibility index (Phi) is 8.86. The van der Waals surface area contributed by atoms with Gasteiger partial charge in [-0.15, -0.1) is 0 Å². The van der Waals surface area contributed by atoms with Crippen molar-refractivity contribution < 1.29 is 19.1 Å². The van der Waals surface area contributed by atoms with E-state index in [4.69, 9.17) is 4.74 Å². The molecule has 0 aromatic rings. The lowest BCUT2D eigenvalue weighted by atomic mass is 9.95. The Bertz CT molecular complexity index is 375. The van der Waals surface area contributed by atoms with E-state index in [0.717, 1.165) is 12.8 Å². The Morgan fingerprint density at radius 2 is 1.77 bits per heavy atom. The second-order valence-corrected chi connectivity index (χ2v) is 6.13. The number of ether oxygens (including phenoxy) is 2. The molecule has 1 saturated heterocycles. The first kappa shape index (κ1) is 18.7. The molecule has 0 spiro atoms. The zero-order chi connectivity index (χ0) is 16.4. The SMILES string of the molecule is C=C(C(=O)OC)[C@H]1C[C@@H](CCCCCCCCCC)OC1=O. The summed E-state index contributed by atoms with van der Waals surface area (Å²) in [5.74, 6) is -1.37. The molecule has 1 rings (SSSR count). The normalized spacial score (nSPS) is 20.7. The van der Waals surface area contributed by atoms with Crippen molar-refractivity contribution in [3.63, 3.8) is 0 Å². The van der Waals surface area contributed by atoms with Gasteiger partial charge in [0, 0.05) is 12.0 Å². The van der Waals surface area contributed by atoms with Crippen molar-refractivity contribution in [1.29, 1.82) is 0 Å². The van der Waals surface area contributed by atoms with Crippen molar-refractivity contribution in [2.24, 2.45) is 5.92 Å². The van der Waals surface area contributed by atoms with Crippen LogP contribution in [-0.4, -0.2) is 25.2 Å². The van der Waals surface area contributed by atoms with Gasteiger partial charge < -0.3 is 9.47 Å². The van der Waals surface area contributed by atoms with Gasteiger partial charge in [-0.2, -0.15) is 0 Å². The number of rotatable bonds is 11. The fraction of sp³-hybridized carbons (Fsp3) is 0.778. The predicted octanol–water partition coefficient (Wildman–Crippen LogP) is 4.18. The molecule has 1 heterocycles. The maximum Gasteiger partial charge on any atom is 0.334 e. The van der Waals surface area contributed by atoms with Crippen LogP contribution in [0.3, 0.4) is 0 Å². The highest BCUT2D eigenvalue weighted by atomic mass is 16.6.